The summed E-state index contributed by atoms with van der Waals surface area (Å²) in [6.45, 7) is 5.70. The number of nitrogens with one attached hydrogen (secondary N) is 1. The smallest absolute Gasteiger partial charge is 0.134 e. The fourth-order valence-electron chi connectivity index (χ4n) is 2.24. The Hall–Kier alpha value is -1.61. The number of benzene rings is 1. The second-order valence-corrected chi connectivity index (χ2v) is 4.44. The molecule has 1 N–H and O–H groups in total. The van der Waals surface area contributed by atoms with E-state index in [0.29, 0.717) is 0 Å². The van der Waals surface area contributed by atoms with Gasteiger partial charge in [0.15, 0.2) is 0 Å². The van der Waals surface area contributed by atoms with Crippen LogP contribution in [0.25, 0.3) is 11.0 Å². The molecule has 96 valence electrons. The maximum absolute atomic E-state index is 13.2. The van der Waals surface area contributed by atoms with Crippen LogP contribution in [0.3, 0.4) is 0 Å². The van der Waals surface area contributed by atoms with Crippen LogP contribution in [-0.2, 0) is 0 Å². The fraction of sp³-hybridized carbons (Fsp3) is 0.333. The minimum Gasteiger partial charge on any atom is -0.459 e. The van der Waals surface area contributed by atoms with Crippen LogP contribution in [0.4, 0.5) is 4.39 Å². The first kappa shape index (κ1) is 12.8. The average Bonchev–Trinajstić information content (AvgIpc) is 2.68. The van der Waals surface area contributed by atoms with E-state index < -0.39 is 0 Å². The van der Waals surface area contributed by atoms with Crippen molar-refractivity contribution in [1.29, 1.82) is 0 Å². The highest BCUT2D eigenvalue weighted by Gasteiger charge is 2.18. The van der Waals surface area contributed by atoms with Crippen LogP contribution in [-0.4, -0.2) is 7.05 Å². The Morgan fingerprint density at radius 2 is 2.28 bits per heavy atom. The van der Waals surface area contributed by atoms with Gasteiger partial charge in [0.2, 0.25) is 0 Å². The molecule has 0 saturated heterocycles. The Morgan fingerprint density at radius 1 is 1.50 bits per heavy atom. The molecule has 1 unspecified atom stereocenters. The monoisotopic (exact) mass is 247 g/mol. The predicted octanol–water partition coefficient (Wildman–Crippen LogP) is 4.11. The van der Waals surface area contributed by atoms with Crippen molar-refractivity contribution in [2.75, 3.05) is 7.05 Å². The summed E-state index contributed by atoms with van der Waals surface area (Å²) in [5, 5.41) is 4.09. The van der Waals surface area contributed by atoms with Crippen LogP contribution < -0.4 is 5.32 Å². The zero-order valence-electron chi connectivity index (χ0n) is 10.8. The zero-order valence-corrected chi connectivity index (χ0v) is 10.8. The predicted molar refractivity (Wildman–Crippen MR) is 72.1 cm³/mol. The summed E-state index contributed by atoms with van der Waals surface area (Å²) in [5.41, 5.74) is 1.75. The van der Waals surface area contributed by atoms with Crippen LogP contribution >= 0.6 is 0 Å². The summed E-state index contributed by atoms with van der Waals surface area (Å²) in [5.74, 6) is 0.657. The van der Waals surface area contributed by atoms with Crippen molar-refractivity contribution in [1.82, 2.24) is 5.32 Å². The van der Waals surface area contributed by atoms with Crippen molar-refractivity contribution in [3.8, 4) is 0 Å². The van der Waals surface area contributed by atoms with Crippen LogP contribution in [0.5, 0.6) is 0 Å². The van der Waals surface area contributed by atoms with Gasteiger partial charge >= 0.3 is 0 Å². The van der Waals surface area contributed by atoms with E-state index >= 15 is 0 Å². The van der Waals surface area contributed by atoms with E-state index in [2.05, 4.69) is 11.9 Å². The lowest BCUT2D eigenvalue weighted by Gasteiger charge is -2.13. The van der Waals surface area contributed by atoms with Crippen molar-refractivity contribution >= 4 is 11.0 Å². The summed E-state index contributed by atoms with van der Waals surface area (Å²) in [4.78, 5) is 0. The zero-order chi connectivity index (χ0) is 13.1. The van der Waals surface area contributed by atoms with E-state index in [1.165, 1.54) is 12.1 Å². The van der Waals surface area contributed by atoms with E-state index in [-0.39, 0.29) is 11.9 Å². The van der Waals surface area contributed by atoms with E-state index in [1.54, 1.807) is 6.07 Å². The van der Waals surface area contributed by atoms with Crippen molar-refractivity contribution in [2.24, 2.45) is 0 Å². The number of rotatable bonds is 5. The summed E-state index contributed by atoms with van der Waals surface area (Å²) in [6, 6.07) is 4.77. The van der Waals surface area contributed by atoms with Crippen LogP contribution in [0, 0.1) is 12.7 Å². The fourth-order valence-corrected chi connectivity index (χ4v) is 2.24. The molecule has 1 aromatic carbocycles. The van der Waals surface area contributed by atoms with Gasteiger partial charge in [-0.25, -0.2) is 4.39 Å². The molecule has 0 aliphatic carbocycles. The molecule has 2 nitrogen and oxygen atoms in total. The van der Waals surface area contributed by atoms with Crippen molar-refractivity contribution < 1.29 is 8.81 Å². The molecule has 2 rings (SSSR count). The molecule has 0 amide bonds. The molecule has 0 radical (unpaired) electrons. The van der Waals surface area contributed by atoms with Gasteiger partial charge in [0.1, 0.15) is 17.2 Å². The lowest BCUT2D eigenvalue weighted by atomic mass is 10.0. The second kappa shape index (κ2) is 5.36. The SMILES string of the molecule is C=CCCC(NC)c1oc2ccc(F)cc2c1C. The molecule has 18 heavy (non-hydrogen) atoms. The van der Waals surface area contributed by atoms with Crippen LogP contribution in [0.1, 0.15) is 30.2 Å². The highest BCUT2D eigenvalue weighted by atomic mass is 19.1. The first-order valence-corrected chi connectivity index (χ1v) is 6.14. The van der Waals surface area contributed by atoms with Crippen molar-refractivity contribution in [3.05, 3.63) is 48.0 Å². The number of halogens is 1. The summed E-state index contributed by atoms with van der Waals surface area (Å²) < 4.78 is 19.1. The number of allylic oxidation sites excluding steroid dienone is 1. The normalized spacial score (nSPS) is 12.8. The van der Waals surface area contributed by atoms with Gasteiger partial charge in [-0.2, -0.15) is 0 Å². The van der Waals surface area contributed by atoms with Crippen LogP contribution in [0.15, 0.2) is 35.3 Å². The summed E-state index contributed by atoms with van der Waals surface area (Å²) >= 11 is 0. The number of hydrogen-bond donors (Lipinski definition) is 1. The third-order valence-corrected chi connectivity index (χ3v) is 3.26. The molecule has 0 aliphatic rings. The molecular formula is C15H18FNO. The van der Waals surface area contributed by atoms with Crippen molar-refractivity contribution in [2.45, 2.75) is 25.8 Å². The molecule has 0 bridgehead atoms. The molecule has 3 heteroatoms. The Labute approximate surface area is 106 Å². The van der Waals surface area contributed by atoms with Gasteiger partial charge in [-0.05, 0) is 45.0 Å². The minimum absolute atomic E-state index is 0.137. The highest BCUT2D eigenvalue weighted by Crippen LogP contribution is 2.31. The molecule has 0 saturated carbocycles. The van der Waals surface area contributed by atoms with E-state index in [9.17, 15) is 4.39 Å². The largest absolute Gasteiger partial charge is 0.459 e. The Balaban J connectivity index is 2.43. The average molecular weight is 247 g/mol. The second-order valence-electron chi connectivity index (χ2n) is 4.44. The summed E-state index contributed by atoms with van der Waals surface area (Å²) in [7, 11) is 1.90. The first-order valence-electron chi connectivity index (χ1n) is 6.14. The molecule has 1 aromatic heterocycles. The standard InChI is InChI=1S/C15H18FNO/c1-4-5-6-13(17-3)15-10(2)12-9-11(16)7-8-14(12)18-15/h4,7-9,13,17H,1,5-6H2,2-3H3. The van der Waals surface area contributed by atoms with E-state index in [0.717, 1.165) is 35.1 Å². The van der Waals surface area contributed by atoms with E-state index in [4.69, 9.17) is 4.42 Å². The Morgan fingerprint density at radius 3 is 2.94 bits per heavy atom. The van der Waals surface area contributed by atoms with Crippen molar-refractivity contribution in [3.63, 3.8) is 0 Å². The number of hydrogen-bond acceptors (Lipinski definition) is 2. The van der Waals surface area contributed by atoms with Gasteiger partial charge in [0.05, 0.1) is 6.04 Å². The quantitative estimate of drug-likeness (QED) is 0.804. The van der Waals surface area contributed by atoms with Gasteiger partial charge < -0.3 is 9.73 Å². The Bertz CT molecular complexity index is 559. The third-order valence-electron chi connectivity index (χ3n) is 3.26. The lowest BCUT2D eigenvalue weighted by molar-refractivity contribution is 0.432. The first-order chi connectivity index (χ1) is 8.67. The topological polar surface area (TPSA) is 25.2 Å². The third kappa shape index (κ3) is 2.31. The Kier molecular flexibility index (Phi) is 3.82. The number of furan rings is 1. The highest BCUT2D eigenvalue weighted by molar-refractivity contribution is 5.82. The maximum atomic E-state index is 13.2. The molecule has 0 fully saturated rings. The molecule has 0 aliphatic heterocycles. The van der Waals surface area contributed by atoms with Gasteiger partial charge in [-0.15, -0.1) is 6.58 Å². The number of fused-ring (bicyclic) bond motifs is 1. The molecule has 1 heterocycles. The van der Waals surface area contributed by atoms with Crippen LogP contribution in [0.2, 0.25) is 0 Å². The molecule has 2 aromatic rings. The number of aryl methyl sites for hydroxylation is 1. The van der Waals surface area contributed by atoms with Gasteiger partial charge in [0.25, 0.3) is 0 Å². The maximum Gasteiger partial charge on any atom is 0.134 e. The molecule has 1 atom stereocenters. The summed E-state index contributed by atoms with van der Waals surface area (Å²) in [6.07, 6.45) is 3.72. The van der Waals surface area contributed by atoms with Gasteiger partial charge in [-0.1, -0.05) is 6.08 Å². The lowest BCUT2D eigenvalue weighted by Crippen LogP contribution is -2.16. The van der Waals surface area contributed by atoms with Gasteiger partial charge in [-0.3, -0.25) is 0 Å². The molecular weight excluding hydrogens is 229 g/mol. The van der Waals surface area contributed by atoms with Gasteiger partial charge in [0, 0.05) is 10.9 Å². The molecule has 0 spiro atoms. The van der Waals surface area contributed by atoms with E-state index in [1.807, 2.05) is 20.0 Å². The minimum atomic E-state index is -0.231.